The van der Waals surface area contributed by atoms with E-state index in [4.69, 9.17) is 21.3 Å². The largest absolute Gasteiger partial charge is 0.497 e. The first kappa shape index (κ1) is 18.8. The second-order valence-electron chi connectivity index (χ2n) is 6.47. The first-order chi connectivity index (χ1) is 10.1. The van der Waals surface area contributed by atoms with E-state index in [-0.39, 0.29) is 17.9 Å². The number of methoxy groups -OCH3 is 1. The summed E-state index contributed by atoms with van der Waals surface area (Å²) in [7, 11) is 1.63. The zero-order valence-corrected chi connectivity index (χ0v) is 15.0. The maximum atomic E-state index is 12.1. The number of carbonyl (C=O) groups excluding carboxylic acids is 1. The lowest BCUT2D eigenvalue weighted by Crippen LogP contribution is -2.38. The number of carbonyl (C=O) groups is 1. The van der Waals surface area contributed by atoms with E-state index in [2.05, 4.69) is 0 Å². The molecule has 1 aromatic carbocycles. The van der Waals surface area contributed by atoms with Crippen molar-refractivity contribution in [1.29, 1.82) is 0 Å². The summed E-state index contributed by atoms with van der Waals surface area (Å²) in [5, 5.41) is 0. The molecule has 5 heteroatoms. The Morgan fingerprint density at radius 1 is 1.23 bits per heavy atom. The van der Waals surface area contributed by atoms with Gasteiger partial charge in [-0.2, -0.15) is 0 Å². The molecule has 124 valence electrons. The molecule has 0 aromatic heterocycles. The van der Waals surface area contributed by atoms with Gasteiger partial charge in [0, 0.05) is 12.6 Å². The molecule has 0 aliphatic rings. The highest BCUT2D eigenvalue weighted by molar-refractivity contribution is 6.13. The fraction of sp³-hybridized carbons (Fsp3) is 0.588. The fourth-order valence-corrected chi connectivity index (χ4v) is 2.19. The second kappa shape index (κ2) is 7.84. The Balaban J connectivity index is 2.63. The van der Waals surface area contributed by atoms with E-state index in [0.29, 0.717) is 6.54 Å². The molecular weight excluding hydrogens is 302 g/mol. The minimum absolute atomic E-state index is 0.140. The molecule has 0 fully saturated rings. The summed E-state index contributed by atoms with van der Waals surface area (Å²) in [6.45, 7) is 9.88. The Morgan fingerprint density at radius 3 is 2.23 bits per heavy atom. The van der Waals surface area contributed by atoms with Crippen molar-refractivity contribution in [3.05, 3.63) is 29.8 Å². The van der Waals surface area contributed by atoms with Crippen molar-refractivity contribution in [2.24, 2.45) is 5.92 Å². The van der Waals surface area contributed by atoms with Gasteiger partial charge in [-0.05, 0) is 57.2 Å². The molecule has 2 atom stereocenters. The highest BCUT2D eigenvalue weighted by Gasteiger charge is 2.29. The number of halogens is 1. The van der Waals surface area contributed by atoms with E-state index in [1.165, 1.54) is 0 Å². The van der Waals surface area contributed by atoms with Crippen LogP contribution in [-0.4, -0.2) is 29.1 Å². The SMILES string of the molecule is COc1ccc(CN(Cl)C(C)C(C)C(=O)OC(C)(C)C)cc1. The van der Waals surface area contributed by atoms with Crippen LogP contribution in [0.15, 0.2) is 24.3 Å². The number of esters is 1. The second-order valence-corrected chi connectivity index (χ2v) is 6.90. The van der Waals surface area contributed by atoms with Gasteiger partial charge in [-0.15, -0.1) is 0 Å². The third-order valence-corrected chi connectivity index (χ3v) is 3.86. The summed E-state index contributed by atoms with van der Waals surface area (Å²) in [4.78, 5) is 12.1. The van der Waals surface area contributed by atoms with Crippen LogP contribution < -0.4 is 4.74 Å². The van der Waals surface area contributed by atoms with Gasteiger partial charge in [-0.25, -0.2) is 4.42 Å². The number of hydrogen-bond acceptors (Lipinski definition) is 4. The molecule has 0 N–H and O–H groups in total. The Hall–Kier alpha value is -1.26. The van der Waals surface area contributed by atoms with E-state index in [0.717, 1.165) is 11.3 Å². The average molecular weight is 328 g/mol. The zero-order chi connectivity index (χ0) is 16.9. The van der Waals surface area contributed by atoms with E-state index in [1.54, 1.807) is 11.5 Å². The van der Waals surface area contributed by atoms with Gasteiger partial charge in [0.05, 0.1) is 13.0 Å². The van der Waals surface area contributed by atoms with Gasteiger partial charge in [-0.3, -0.25) is 4.79 Å². The number of nitrogens with zero attached hydrogens (tertiary/aromatic N) is 1. The molecule has 1 rings (SSSR count). The molecule has 0 radical (unpaired) electrons. The van der Waals surface area contributed by atoms with Crippen LogP contribution in [0, 0.1) is 5.92 Å². The summed E-state index contributed by atoms with van der Waals surface area (Å²) in [5.41, 5.74) is 0.567. The molecule has 0 saturated carbocycles. The third-order valence-electron chi connectivity index (χ3n) is 3.44. The van der Waals surface area contributed by atoms with Gasteiger partial charge >= 0.3 is 5.97 Å². The smallest absolute Gasteiger partial charge is 0.310 e. The number of rotatable bonds is 6. The number of benzene rings is 1. The molecule has 0 spiro atoms. The van der Waals surface area contributed by atoms with Crippen LogP contribution in [0.25, 0.3) is 0 Å². The molecule has 0 bridgehead atoms. The minimum Gasteiger partial charge on any atom is -0.497 e. The number of hydrogen-bond donors (Lipinski definition) is 0. The number of ether oxygens (including phenoxy) is 2. The van der Waals surface area contributed by atoms with Crippen LogP contribution in [0.2, 0.25) is 0 Å². The van der Waals surface area contributed by atoms with Crippen molar-refractivity contribution < 1.29 is 14.3 Å². The summed E-state index contributed by atoms with van der Waals surface area (Å²) in [5.74, 6) is 0.260. The zero-order valence-electron chi connectivity index (χ0n) is 14.2. The van der Waals surface area contributed by atoms with Gasteiger partial charge in [0.1, 0.15) is 11.4 Å². The van der Waals surface area contributed by atoms with Crippen molar-refractivity contribution in [2.45, 2.75) is 52.8 Å². The lowest BCUT2D eigenvalue weighted by Gasteiger charge is -2.29. The average Bonchev–Trinajstić information content (AvgIpc) is 2.44. The van der Waals surface area contributed by atoms with Crippen molar-refractivity contribution in [1.82, 2.24) is 4.42 Å². The summed E-state index contributed by atoms with van der Waals surface area (Å²) < 4.78 is 12.2. The van der Waals surface area contributed by atoms with Crippen molar-refractivity contribution in [3.8, 4) is 5.75 Å². The lowest BCUT2D eigenvalue weighted by molar-refractivity contribution is -0.161. The van der Waals surface area contributed by atoms with Crippen LogP contribution >= 0.6 is 11.8 Å². The van der Waals surface area contributed by atoms with Crippen LogP contribution in [0.1, 0.15) is 40.2 Å². The van der Waals surface area contributed by atoms with Gasteiger partial charge in [0.2, 0.25) is 0 Å². The third kappa shape index (κ3) is 5.85. The maximum absolute atomic E-state index is 12.1. The van der Waals surface area contributed by atoms with Crippen LogP contribution in [0.5, 0.6) is 5.75 Å². The molecule has 0 amide bonds. The minimum atomic E-state index is -0.488. The van der Waals surface area contributed by atoms with E-state index in [9.17, 15) is 4.79 Å². The van der Waals surface area contributed by atoms with Crippen LogP contribution in [-0.2, 0) is 16.1 Å². The van der Waals surface area contributed by atoms with Crippen LogP contribution in [0.3, 0.4) is 0 Å². The lowest BCUT2D eigenvalue weighted by atomic mass is 10.0. The van der Waals surface area contributed by atoms with Gasteiger partial charge in [-0.1, -0.05) is 19.1 Å². The first-order valence-corrected chi connectivity index (χ1v) is 7.76. The Morgan fingerprint density at radius 2 is 1.77 bits per heavy atom. The molecular formula is C17H26ClNO3. The van der Waals surface area contributed by atoms with E-state index in [1.807, 2.05) is 58.9 Å². The summed E-state index contributed by atoms with van der Waals surface area (Å²) in [6, 6.07) is 7.56. The standard InChI is InChI=1S/C17H26ClNO3/c1-12(16(20)22-17(3,4)5)13(2)19(18)11-14-7-9-15(21-6)10-8-14/h7-10,12-13H,11H2,1-6H3. The Bertz CT molecular complexity index is 482. The molecule has 4 nitrogen and oxygen atoms in total. The molecule has 1 aromatic rings. The maximum Gasteiger partial charge on any atom is 0.310 e. The molecule has 2 unspecified atom stereocenters. The molecule has 0 aliphatic carbocycles. The fourth-order valence-electron chi connectivity index (χ4n) is 1.88. The Kier molecular flexibility index (Phi) is 6.69. The van der Waals surface area contributed by atoms with Crippen molar-refractivity contribution in [2.75, 3.05) is 7.11 Å². The van der Waals surface area contributed by atoms with Crippen molar-refractivity contribution in [3.63, 3.8) is 0 Å². The van der Waals surface area contributed by atoms with Crippen molar-refractivity contribution >= 4 is 17.7 Å². The molecule has 0 saturated heterocycles. The summed E-state index contributed by atoms with van der Waals surface area (Å²) >= 11 is 6.34. The molecule has 22 heavy (non-hydrogen) atoms. The normalized spacial score (nSPS) is 14.5. The highest BCUT2D eigenvalue weighted by Crippen LogP contribution is 2.21. The van der Waals surface area contributed by atoms with E-state index >= 15 is 0 Å². The molecule has 0 aliphatic heterocycles. The van der Waals surface area contributed by atoms with Gasteiger partial charge < -0.3 is 9.47 Å². The predicted molar refractivity (Wildman–Crippen MR) is 88.9 cm³/mol. The Labute approximate surface area is 138 Å². The highest BCUT2D eigenvalue weighted by atomic mass is 35.5. The monoisotopic (exact) mass is 327 g/mol. The first-order valence-electron chi connectivity index (χ1n) is 7.42. The summed E-state index contributed by atoms with van der Waals surface area (Å²) in [6.07, 6.45) is 0. The van der Waals surface area contributed by atoms with Gasteiger partial charge in [0.15, 0.2) is 0 Å². The van der Waals surface area contributed by atoms with Gasteiger partial charge in [0.25, 0.3) is 0 Å². The molecule has 0 heterocycles. The van der Waals surface area contributed by atoms with E-state index < -0.39 is 5.60 Å². The topological polar surface area (TPSA) is 38.8 Å². The predicted octanol–water partition coefficient (Wildman–Crippen LogP) is 4.02. The quantitative estimate of drug-likeness (QED) is 0.584. The van der Waals surface area contributed by atoms with Crippen LogP contribution in [0.4, 0.5) is 0 Å².